The molecular weight excluding hydrogens is 252 g/mol. The number of rotatable bonds is 7. The Kier molecular flexibility index (Phi) is 6.68. The van der Waals surface area contributed by atoms with Crippen LogP contribution < -0.4 is 10.6 Å². The third-order valence-corrected chi connectivity index (χ3v) is 2.92. The Hall–Kier alpha value is -1.39. The molecule has 0 aromatic heterocycles. The van der Waals surface area contributed by atoms with Gasteiger partial charge in [-0.15, -0.1) is 0 Å². The van der Waals surface area contributed by atoms with Gasteiger partial charge in [0.2, 0.25) is 5.91 Å². The largest absolute Gasteiger partial charge is 0.394 e. The van der Waals surface area contributed by atoms with Crippen LogP contribution in [0.5, 0.6) is 0 Å². The maximum Gasteiger partial charge on any atom is 0.221 e. The van der Waals surface area contributed by atoms with E-state index in [1.165, 1.54) is 0 Å². The maximum atomic E-state index is 11.8. The number of amides is 1. The molecule has 0 aliphatic carbocycles. The standard InChI is InChI=1S/C16H26N2O2/c1-16(2,3)17-10-9-15(20)18-14(12-19)11-13-7-5-4-6-8-13/h4-8,14,17,19H,9-12H2,1-3H3,(H,18,20). The van der Waals surface area contributed by atoms with Gasteiger partial charge in [-0.25, -0.2) is 0 Å². The molecule has 3 N–H and O–H groups in total. The Labute approximate surface area is 121 Å². The van der Waals surface area contributed by atoms with Gasteiger partial charge in [-0.3, -0.25) is 4.79 Å². The van der Waals surface area contributed by atoms with Crippen LogP contribution in [-0.2, 0) is 11.2 Å². The molecule has 0 bridgehead atoms. The van der Waals surface area contributed by atoms with E-state index < -0.39 is 0 Å². The highest BCUT2D eigenvalue weighted by molar-refractivity contribution is 5.76. The molecule has 0 spiro atoms. The van der Waals surface area contributed by atoms with E-state index in [4.69, 9.17) is 0 Å². The van der Waals surface area contributed by atoms with E-state index in [1.807, 2.05) is 30.3 Å². The normalized spacial score (nSPS) is 13.0. The zero-order valence-corrected chi connectivity index (χ0v) is 12.6. The highest BCUT2D eigenvalue weighted by Gasteiger charge is 2.13. The first-order chi connectivity index (χ1) is 9.40. The van der Waals surface area contributed by atoms with Crippen molar-refractivity contribution in [3.8, 4) is 0 Å². The molecule has 0 heterocycles. The summed E-state index contributed by atoms with van der Waals surface area (Å²) in [4.78, 5) is 11.8. The van der Waals surface area contributed by atoms with Crippen LogP contribution in [0.4, 0.5) is 0 Å². The van der Waals surface area contributed by atoms with Crippen LogP contribution in [0, 0.1) is 0 Å². The van der Waals surface area contributed by atoms with Gasteiger partial charge in [-0.2, -0.15) is 0 Å². The van der Waals surface area contributed by atoms with Crippen molar-refractivity contribution in [1.82, 2.24) is 10.6 Å². The Balaban J connectivity index is 2.34. The monoisotopic (exact) mass is 278 g/mol. The van der Waals surface area contributed by atoms with Crippen molar-refractivity contribution in [2.24, 2.45) is 0 Å². The molecule has 0 fully saturated rings. The van der Waals surface area contributed by atoms with E-state index in [9.17, 15) is 9.90 Å². The van der Waals surface area contributed by atoms with Crippen LogP contribution in [0.1, 0.15) is 32.8 Å². The summed E-state index contributed by atoms with van der Waals surface area (Å²) in [5.74, 6) is -0.0308. The van der Waals surface area contributed by atoms with E-state index in [2.05, 4.69) is 31.4 Å². The van der Waals surface area contributed by atoms with Crippen molar-refractivity contribution in [3.63, 3.8) is 0 Å². The number of carbonyl (C=O) groups excluding carboxylic acids is 1. The second-order valence-electron chi connectivity index (χ2n) is 6.06. The van der Waals surface area contributed by atoms with Crippen molar-refractivity contribution in [3.05, 3.63) is 35.9 Å². The van der Waals surface area contributed by atoms with Gasteiger partial charge >= 0.3 is 0 Å². The molecule has 4 nitrogen and oxygen atoms in total. The first-order valence-electron chi connectivity index (χ1n) is 7.10. The van der Waals surface area contributed by atoms with Crippen LogP contribution in [0.2, 0.25) is 0 Å². The molecule has 0 saturated heterocycles. The van der Waals surface area contributed by atoms with Gasteiger partial charge in [0.1, 0.15) is 0 Å². The lowest BCUT2D eigenvalue weighted by atomic mass is 10.1. The summed E-state index contributed by atoms with van der Waals surface area (Å²) in [6.45, 7) is 6.79. The van der Waals surface area contributed by atoms with Crippen LogP contribution in [0.3, 0.4) is 0 Å². The van der Waals surface area contributed by atoms with E-state index in [1.54, 1.807) is 0 Å². The Morgan fingerprint density at radius 3 is 2.45 bits per heavy atom. The number of benzene rings is 1. The quantitative estimate of drug-likeness (QED) is 0.708. The summed E-state index contributed by atoms with van der Waals surface area (Å²) in [5, 5.41) is 15.5. The van der Waals surface area contributed by atoms with Crippen LogP contribution >= 0.6 is 0 Å². The van der Waals surface area contributed by atoms with Crippen LogP contribution in [0.25, 0.3) is 0 Å². The van der Waals surface area contributed by atoms with E-state index >= 15 is 0 Å². The molecule has 1 unspecified atom stereocenters. The SMILES string of the molecule is CC(C)(C)NCCC(=O)NC(CO)Cc1ccccc1. The predicted octanol–water partition coefficient (Wildman–Crippen LogP) is 1.48. The Bertz CT molecular complexity index is 399. The van der Waals surface area contributed by atoms with Gasteiger partial charge in [0.05, 0.1) is 12.6 Å². The smallest absolute Gasteiger partial charge is 0.221 e. The molecule has 0 aliphatic heterocycles. The highest BCUT2D eigenvalue weighted by atomic mass is 16.3. The van der Waals surface area contributed by atoms with E-state index in [0.29, 0.717) is 19.4 Å². The minimum absolute atomic E-state index is 0.0146. The average molecular weight is 278 g/mol. The molecular formula is C16H26N2O2. The molecule has 0 radical (unpaired) electrons. The molecule has 1 aromatic rings. The minimum Gasteiger partial charge on any atom is -0.394 e. The summed E-state index contributed by atoms with van der Waals surface area (Å²) < 4.78 is 0. The Morgan fingerprint density at radius 2 is 1.90 bits per heavy atom. The maximum absolute atomic E-state index is 11.8. The molecule has 1 aromatic carbocycles. The summed E-state index contributed by atoms with van der Waals surface area (Å²) in [6.07, 6.45) is 1.07. The lowest BCUT2D eigenvalue weighted by Gasteiger charge is -2.21. The number of hydrogen-bond donors (Lipinski definition) is 3. The van der Waals surface area contributed by atoms with Crippen molar-refractivity contribution in [1.29, 1.82) is 0 Å². The Morgan fingerprint density at radius 1 is 1.25 bits per heavy atom. The van der Waals surface area contributed by atoms with Crippen LogP contribution in [0.15, 0.2) is 30.3 Å². The second-order valence-corrected chi connectivity index (χ2v) is 6.06. The molecule has 1 amide bonds. The topological polar surface area (TPSA) is 61.4 Å². The van der Waals surface area contributed by atoms with Crippen molar-refractivity contribution < 1.29 is 9.90 Å². The first kappa shape index (κ1) is 16.7. The predicted molar refractivity (Wildman–Crippen MR) is 81.5 cm³/mol. The summed E-state index contributed by atoms with van der Waals surface area (Å²) in [5.41, 5.74) is 1.13. The minimum atomic E-state index is -0.223. The van der Waals surface area contributed by atoms with Gasteiger partial charge in [-0.05, 0) is 32.8 Å². The molecule has 4 heteroatoms. The number of hydrogen-bond acceptors (Lipinski definition) is 3. The first-order valence-corrected chi connectivity index (χ1v) is 7.10. The number of nitrogens with one attached hydrogen (secondary N) is 2. The van der Waals surface area contributed by atoms with E-state index in [0.717, 1.165) is 5.56 Å². The van der Waals surface area contributed by atoms with Crippen molar-refractivity contribution >= 4 is 5.91 Å². The average Bonchev–Trinajstić information content (AvgIpc) is 2.37. The summed E-state index contributed by atoms with van der Waals surface area (Å²) in [7, 11) is 0. The fraction of sp³-hybridized carbons (Fsp3) is 0.562. The lowest BCUT2D eigenvalue weighted by Crippen LogP contribution is -2.42. The van der Waals surface area contributed by atoms with Gasteiger partial charge in [-0.1, -0.05) is 30.3 Å². The molecule has 1 atom stereocenters. The highest BCUT2D eigenvalue weighted by Crippen LogP contribution is 2.03. The molecule has 0 aliphatic rings. The zero-order chi connectivity index (χ0) is 15.0. The third kappa shape index (κ3) is 7.26. The summed E-state index contributed by atoms with van der Waals surface area (Å²) >= 11 is 0. The molecule has 0 saturated carbocycles. The number of carbonyl (C=O) groups is 1. The second kappa shape index (κ2) is 8.02. The lowest BCUT2D eigenvalue weighted by molar-refractivity contribution is -0.122. The van der Waals surface area contributed by atoms with Gasteiger partial charge in [0, 0.05) is 18.5 Å². The number of aliphatic hydroxyl groups excluding tert-OH is 1. The van der Waals surface area contributed by atoms with E-state index in [-0.39, 0.29) is 24.1 Å². The van der Waals surface area contributed by atoms with Gasteiger partial charge in [0.15, 0.2) is 0 Å². The molecule has 20 heavy (non-hydrogen) atoms. The van der Waals surface area contributed by atoms with Gasteiger partial charge < -0.3 is 15.7 Å². The number of aliphatic hydroxyl groups is 1. The van der Waals surface area contributed by atoms with Crippen molar-refractivity contribution in [2.75, 3.05) is 13.2 Å². The fourth-order valence-corrected chi connectivity index (χ4v) is 1.91. The van der Waals surface area contributed by atoms with Crippen molar-refractivity contribution in [2.45, 2.75) is 45.2 Å². The zero-order valence-electron chi connectivity index (χ0n) is 12.6. The molecule has 1 rings (SSSR count). The van der Waals surface area contributed by atoms with Crippen LogP contribution in [-0.4, -0.2) is 35.7 Å². The summed E-state index contributed by atoms with van der Waals surface area (Å²) in [6, 6.07) is 9.64. The fourth-order valence-electron chi connectivity index (χ4n) is 1.91. The molecule has 112 valence electrons. The van der Waals surface area contributed by atoms with Gasteiger partial charge in [0.25, 0.3) is 0 Å². The third-order valence-electron chi connectivity index (χ3n) is 2.92.